The van der Waals surface area contributed by atoms with E-state index in [1.165, 1.54) is 23.9 Å². The maximum Gasteiger partial charge on any atom is 0.313 e. The van der Waals surface area contributed by atoms with Gasteiger partial charge in [0.05, 0.1) is 18.4 Å². The number of carboxylic acids is 1. The first-order chi connectivity index (χ1) is 9.51. The summed E-state index contributed by atoms with van der Waals surface area (Å²) in [6, 6.07) is 4.38. The quantitative estimate of drug-likeness (QED) is 0.848. The van der Waals surface area contributed by atoms with Crippen LogP contribution in [0.15, 0.2) is 23.4 Å². The topological polar surface area (TPSA) is 77.2 Å². The Kier molecular flexibility index (Phi) is 4.23. The average molecular weight is 297 g/mol. The van der Waals surface area contributed by atoms with E-state index in [0.717, 1.165) is 11.8 Å². The van der Waals surface area contributed by atoms with Gasteiger partial charge in [-0.2, -0.15) is 5.10 Å². The molecule has 106 valence electrons. The fraction of sp³-hybridized carbons (Fsp3) is 0.250. The number of carboxylic acid groups (broad SMARTS) is 1. The number of rotatable bonds is 5. The molecule has 1 N–H and O–H groups in total. The number of ether oxygens (including phenoxy) is 1. The van der Waals surface area contributed by atoms with Crippen molar-refractivity contribution in [2.45, 2.75) is 5.16 Å². The Balaban J connectivity index is 2.29. The highest BCUT2D eigenvalue weighted by Gasteiger charge is 2.15. The summed E-state index contributed by atoms with van der Waals surface area (Å²) in [6.07, 6.45) is 0. The number of hydrogen-bond donors (Lipinski definition) is 1. The Labute approximate surface area is 118 Å². The minimum Gasteiger partial charge on any atom is -0.497 e. The van der Waals surface area contributed by atoms with Crippen molar-refractivity contribution in [2.24, 2.45) is 7.05 Å². The number of methoxy groups -OCH3 is 1. The van der Waals surface area contributed by atoms with Gasteiger partial charge in [0.15, 0.2) is 11.0 Å². The van der Waals surface area contributed by atoms with E-state index in [9.17, 15) is 9.18 Å². The van der Waals surface area contributed by atoms with Crippen molar-refractivity contribution < 1.29 is 19.0 Å². The van der Waals surface area contributed by atoms with Gasteiger partial charge in [0.25, 0.3) is 0 Å². The van der Waals surface area contributed by atoms with Crippen LogP contribution in [0.1, 0.15) is 0 Å². The molecule has 1 heterocycles. The van der Waals surface area contributed by atoms with Gasteiger partial charge in [0.1, 0.15) is 11.6 Å². The van der Waals surface area contributed by atoms with Crippen LogP contribution in [-0.2, 0) is 11.8 Å². The number of thioether (sulfide) groups is 1. The largest absolute Gasteiger partial charge is 0.497 e. The molecule has 1 aromatic heterocycles. The number of carbonyl (C=O) groups is 1. The lowest BCUT2D eigenvalue weighted by Crippen LogP contribution is -2.00. The summed E-state index contributed by atoms with van der Waals surface area (Å²) in [5.41, 5.74) is 0.239. The van der Waals surface area contributed by atoms with Gasteiger partial charge in [-0.15, -0.1) is 0 Å². The summed E-state index contributed by atoms with van der Waals surface area (Å²) in [4.78, 5) is 14.7. The molecule has 0 fully saturated rings. The van der Waals surface area contributed by atoms with Crippen molar-refractivity contribution in [3.05, 3.63) is 24.0 Å². The molecule has 0 aliphatic carbocycles. The van der Waals surface area contributed by atoms with E-state index in [1.807, 2.05) is 0 Å². The predicted molar refractivity (Wildman–Crippen MR) is 71.3 cm³/mol. The van der Waals surface area contributed by atoms with Crippen LogP contribution in [0.25, 0.3) is 11.4 Å². The van der Waals surface area contributed by atoms with E-state index in [-0.39, 0.29) is 17.1 Å². The van der Waals surface area contributed by atoms with Gasteiger partial charge >= 0.3 is 5.97 Å². The molecular weight excluding hydrogens is 285 g/mol. The highest BCUT2D eigenvalue weighted by molar-refractivity contribution is 7.99. The second kappa shape index (κ2) is 5.91. The molecule has 1 aromatic carbocycles. The van der Waals surface area contributed by atoms with Gasteiger partial charge in [-0.3, -0.25) is 4.79 Å². The normalized spacial score (nSPS) is 10.6. The number of benzene rings is 1. The zero-order valence-corrected chi connectivity index (χ0v) is 11.6. The molecule has 6 nitrogen and oxygen atoms in total. The molecule has 0 saturated carbocycles. The van der Waals surface area contributed by atoms with E-state index in [1.54, 1.807) is 13.1 Å². The molecule has 0 unspecified atom stereocenters. The zero-order valence-electron chi connectivity index (χ0n) is 10.8. The van der Waals surface area contributed by atoms with Gasteiger partial charge in [-0.05, 0) is 12.1 Å². The molecule has 0 bridgehead atoms. The summed E-state index contributed by atoms with van der Waals surface area (Å²) in [5, 5.41) is 13.1. The third-order valence-electron chi connectivity index (χ3n) is 2.46. The zero-order chi connectivity index (χ0) is 14.7. The summed E-state index contributed by atoms with van der Waals surface area (Å²) in [6.45, 7) is 0. The van der Waals surface area contributed by atoms with Crippen LogP contribution in [0.2, 0.25) is 0 Å². The molecule has 0 radical (unpaired) electrons. The second-order valence-electron chi connectivity index (χ2n) is 3.87. The molecule has 2 aromatic rings. The van der Waals surface area contributed by atoms with Crippen LogP contribution in [0, 0.1) is 5.82 Å². The SMILES string of the molecule is COc1ccc(-c2nc(SCC(=O)O)n(C)n2)c(F)c1. The highest BCUT2D eigenvalue weighted by atomic mass is 32.2. The van der Waals surface area contributed by atoms with Crippen molar-refractivity contribution in [3.8, 4) is 17.1 Å². The summed E-state index contributed by atoms with van der Waals surface area (Å²) in [7, 11) is 3.08. The molecule has 0 aliphatic heterocycles. The molecule has 0 spiro atoms. The summed E-state index contributed by atoms with van der Waals surface area (Å²) in [5.74, 6) is -0.958. The first kappa shape index (κ1) is 14.3. The number of aromatic nitrogens is 3. The standard InChI is InChI=1S/C12H12FN3O3S/c1-16-12(20-6-10(17)18)14-11(15-16)8-4-3-7(19-2)5-9(8)13/h3-5H,6H2,1-2H3,(H,17,18). The second-order valence-corrected chi connectivity index (χ2v) is 4.81. The maximum atomic E-state index is 13.9. The third kappa shape index (κ3) is 3.08. The van der Waals surface area contributed by atoms with Crippen LogP contribution in [0.5, 0.6) is 5.75 Å². The minimum atomic E-state index is -0.949. The van der Waals surface area contributed by atoms with E-state index < -0.39 is 11.8 Å². The number of aliphatic carboxylic acids is 1. The van der Waals surface area contributed by atoms with Crippen LogP contribution in [-0.4, -0.2) is 38.7 Å². The predicted octanol–water partition coefficient (Wildman–Crippen LogP) is 1.81. The van der Waals surface area contributed by atoms with Crippen molar-refractivity contribution in [1.82, 2.24) is 14.8 Å². The first-order valence-corrected chi connectivity index (χ1v) is 6.59. The lowest BCUT2D eigenvalue weighted by atomic mass is 10.2. The number of hydrogen-bond acceptors (Lipinski definition) is 5. The fourth-order valence-corrected chi connectivity index (χ4v) is 2.17. The molecule has 2 rings (SSSR count). The fourth-order valence-electron chi connectivity index (χ4n) is 1.54. The molecule has 0 aliphatic rings. The lowest BCUT2D eigenvalue weighted by molar-refractivity contribution is -0.133. The molecule has 0 saturated heterocycles. The maximum absolute atomic E-state index is 13.9. The Morgan fingerprint density at radius 2 is 2.30 bits per heavy atom. The van der Waals surface area contributed by atoms with E-state index >= 15 is 0 Å². The summed E-state index contributed by atoms with van der Waals surface area (Å²) >= 11 is 1.03. The number of nitrogens with zero attached hydrogens (tertiary/aromatic N) is 3. The lowest BCUT2D eigenvalue weighted by Gasteiger charge is -2.01. The van der Waals surface area contributed by atoms with E-state index in [0.29, 0.717) is 10.9 Å². The van der Waals surface area contributed by atoms with Gasteiger partial charge < -0.3 is 9.84 Å². The monoisotopic (exact) mass is 297 g/mol. The van der Waals surface area contributed by atoms with Crippen LogP contribution < -0.4 is 4.74 Å². The number of aryl methyl sites for hydroxylation is 1. The first-order valence-electron chi connectivity index (χ1n) is 5.61. The molecule has 0 amide bonds. The molecule has 20 heavy (non-hydrogen) atoms. The van der Waals surface area contributed by atoms with E-state index in [2.05, 4.69) is 10.1 Å². The van der Waals surface area contributed by atoms with Crippen LogP contribution >= 0.6 is 11.8 Å². The van der Waals surface area contributed by atoms with Crippen LogP contribution in [0.3, 0.4) is 0 Å². The highest BCUT2D eigenvalue weighted by Crippen LogP contribution is 2.25. The van der Waals surface area contributed by atoms with Gasteiger partial charge in [0.2, 0.25) is 0 Å². The number of halogens is 1. The van der Waals surface area contributed by atoms with E-state index in [4.69, 9.17) is 9.84 Å². The Morgan fingerprint density at radius 3 is 2.90 bits per heavy atom. The Morgan fingerprint density at radius 1 is 1.55 bits per heavy atom. The average Bonchev–Trinajstić information content (AvgIpc) is 2.77. The van der Waals surface area contributed by atoms with Crippen molar-refractivity contribution >= 4 is 17.7 Å². The van der Waals surface area contributed by atoms with Crippen molar-refractivity contribution in [1.29, 1.82) is 0 Å². The molecule has 0 atom stereocenters. The Bertz CT molecular complexity index is 645. The van der Waals surface area contributed by atoms with Crippen molar-refractivity contribution in [3.63, 3.8) is 0 Å². The van der Waals surface area contributed by atoms with Gasteiger partial charge in [-0.1, -0.05) is 11.8 Å². The smallest absolute Gasteiger partial charge is 0.313 e. The minimum absolute atomic E-state index is 0.128. The van der Waals surface area contributed by atoms with Crippen molar-refractivity contribution in [2.75, 3.05) is 12.9 Å². The molecular formula is C12H12FN3O3S. The van der Waals surface area contributed by atoms with Gasteiger partial charge in [0, 0.05) is 13.1 Å². The van der Waals surface area contributed by atoms with Gasteiger partial charge in [-0.25, -0.2) is 14.1 Å². The molecule has 8 heteroatoms. The summed E-state index contributed by atoms with van der Waals surface area (Å²) < 4.78 is 20.3. The Hall–Kier alpha value is -2.09. The van der Waals surface area contributed by atoms with Crippen LogP contribution in [0.4, 0.5) is 4.39 Å². The third-order valence-corrected chi connectivity index (χ3v) is 3.47.